The van der Waals surface area contributed by atoms with Gasteiger partial charge in [0.25, 0.3) is 0 Å². The van der Waals surface area contributed by atoms with Crippen LogP contribution in [-0.2, 0) is 4.74 Å². The van der Waals surface area contributed by atoms with Crippen molar-refractivity contribution >= 4 is 5.82 Å². The number of nitrogens with zero attached hydrogens (tertiary/aromatic N) is 2. The third-order valence-electron chi connectivity index (χ3n) is 3.18. The summed E-state index contributed by atoms with van der Waals surface area (Å²) in [5.74, 6) is -1.38. The van der Waals surface area contributed by atoms with E-state index < -0.39 is 41.9 Å². The van der Waals surface area contributed by atoms with Crippen LogP contribution in [0.2, 0.25) is 0 Å². The molecule has 4 N–H and O–H groups in total. The molecule has 0 aromatic carbocycles. The largest absolute Gasteiger partial charge is 0.393 e. The van der Waals surface area contributed by atoms with Crippen LogP contribution >= 0.6 is 0 Å². The van der Waals surface area contributed by atoms with Crippen LogP contribution in [0.15, 0.2) is 29.4 Å². The third kappa shape index (κ3) is 2.25. The molecule has 0 spiro atoms. The standard InChI is InChI=1S/C12H14FN3O4/c1-2-3-12(6-17)8(18)4-9(20-12)16-5-7(13)10(14)15-11(16)19/h3,5,8-9,17-18H,1,4,6H2,(H2,14,15,19)/t8-,9+,12+/m0/s1. The van der Waals surface area contributed by atoms with Gasteiger partial charge in [0.2, 0.25) is 0 Å². The average molecular weight is 283 g/mol. The second kappa shape index (κ2) is 5.18. The minimum absolute atomic E-state index is 0.0241. The average Bonchev–Trinajstić information content (AvgIpc) is 2.72. The van der Waals surface area contributed by atoms with Crippen molar-refractivity contribution < 1.29 is 19.3 Å². The molecule has 0 aliphatic carbocycles. The summed E-state index contributed by atoms with van der Waals surface area (Å²) in [6.07, 6.45) is 0.0248. The van der Waals surface area contributed by atoms with Gasteiger partial charge in [0.05, 0.1) is 18.9 Å². The molecule has 1 aliphatic heterocycles. The summed E-state index contributed by atoms with van der Waals surface area (Å²) in [5, 5.41) is 19.3. The quantitative estimate of drug-likeness (QED) is 0.634. The van der Waals surface area contributed by atoms with Crippen molar-refractivity contribution in [3.8, 4) is 0 Å². The molecule has 1 fully saturated rings. The molecule has 3 atom stereocenters. The van der Waals surface area contributed by atoms with Crippen LogP contribution < -0.4 is 11.4 Å². The van der Waals surface area contributed by atoms with Gasteiger partial charge in [-0.1, -0.05) is 6.58 Å². The highest BCUT2D eigenvalue weighted by Crippen LogP contribution is 2.36. The van der Waals surface area contributed by atoms with Crippen molar-refractivity contribution in [2.24, 2.45) is 0 Å². The highest BCUT2D eigenvalue weighted by molar-refractivity contribution is 5.26. The summed E-state index contributed by atoms with van der Waals surface area (Å²) in [7, 11) is 0. The Hall–Kier alpha value is -1.99. The summed E-state index contributed by atoms with van der Waals surface area (Å²) in [6.45, 7) is 2.82. The van der Waals surface area contributed by atoms with Crippen LogP contribution in [0.5, 0.6) is 0 Å². The Bertz CT molecular complexity index is 626. The van der Waals surface area contributed by atoms with Gasteiger partial charge in [-0.15, -0.1) is 5.73 Å². The molecule has 2 heterocycles. The molecule has 1 saturated heterocycles. The number of aliphatic hydroxyl groups is 2. The molecular formula is C12H14FN3O4. The van der Waals surface area contributed by atoms with Crippen LogP contribution in [-0.4, -0.2) is 38.1 Å². The Balaban J connectivity index is 2.40. The van der Waals surface area contributed by atoms with E-state index >= 15 is 0 Å². The van der Waals surface area contributed by atoms with E-state index in [0.29, 0.717) is 0 Å². The Morgan fingerprint density at radius 1 is 1.80 bits per heavy atom. The van der Waals surface area contributed by atoms with E-state index in [0.717, 1.165) is 10.8 Å². The number of nitrogens with two attached hydrogens (primary N) is 1. The second-order valence-electron chi connectivity index (χ2n) is 4.45. The first-order valence-electron chi connectivity index (χ1n) is 5.81. The molecule has 0 radical (unpaired) electrons. The molecule has 1 aromatic heterocycles. The Kier molecular flexibility index (Phi) is 3.74. The van der Waals surface area contributed by atoms with Crippen LogP contribution in [0, 0.1) is 5.82 Å². The van der Waals surface area contributed by atoms with E-state index in [9.17, 15) is 19.4 Å². The van der Waals surface area contributed by atoms with Gasteiger partial charge in [0, 0.05) is 6.42 Å². The lowest BCUT2D eigenvalue weighted by Gasteiger charge is -2.25. The van der Waals surface area contributed by atoms with Gasteiger partial charge in [-0.2, -0.15) is 4.98 Å². The number of nitrogen functional groups attached to an aromatic ring is 1. The first kappa shape index (κ1) is 14.4. The fourth-order valence-corrected chi connectivity index (χ4v) is 2.10. The number of anilines is 1. The normalized spacial score (nSPS) is 29.1. The number of aromatic nitrogens is 2. The Morgan fingerprint density at radius 2 is 2.50 bits per heavy atom. The van der Waals surface area contributed by atoms with Gasteiger partial charge < -0.3 is 20.7 Å². The smallest absolute Gasteiger partial charge is 0.351 e. The maximum atomic E-state index is 13.4. The lowest BCUT2D eigenvalue weighted by molar-refractivity contribution is -0.0975. The molecule has 8 heteroatoms. The molecule has 2 rings (SSSR count). The third-order valence-corrected chi connectivity index (χ3v) is 3.18. The molecule has 20 heavy (non-hydrogen) atoms. The minimum atomic E-state index is -1.43. The van der Waals surface area contributed by atoms with Gasteiger partial charge >= 0.3 is 5.69 Å². The highest BCUT2D eigenvalue weighted by Gasteiger charge is 2.47. The molecule has 1 aliphatic rings. The number of rotatable bonds is 3. The van der Waals surface area contributed by atoms with Crippen molar-refractivity contribution in [3.05, 3.63) is 40.9 Å². The van der Waals surface area contributed by atoms with Crippen molar-refractivity contribution in [2.75, 3.05) is 12.3 Å². The number of hydrogen-bond acceptors (Lipinski definition) is 6. The van der Waals surface area contributed by atoms with E-state index in [1.165, 1.54) is 6.08 Å². The van der Waals surface area contributed by atoms with E-state index in [2.05, 4.69) is 17.3 Å². The van der Waals surface area contributed by atoms with Gasteiger partial charge in [0.15, 0.2) is 11.6 Å². The topological polar surface area (TPSA) is 111 Å². The van der Waals surface area contributed by atoms with Gasteiger partial charge in [-0.05, 0) is 6.08 Å². The van der Waals surface area contributed by atoms with Crippen molar-refractivity contribution in [2.45, 2.75) is 24.4 Å². The lowest BCUT2D eigenvalue weighted by Crippen LogP contribution is -2.41. The lowest BCUT2D eigenvalue weighted by atomic mass is 9.98. The second-order valence-corrected chi connectivity index (χ2v) is 4.45. The zero-order valence-electron chi connectivity index (χ0n) is 10.5. The summed E-state index contributed by atoms with van der Waals surface area (Å²) < 4.78 is 19.7. The van der Waals surface area contributed by atoms with Gasteiger partial charge in [-0.25, -0.2) is 9.18 Å². The summed E-state index contributed by atoms with van der Waals surface area (Å²) in [4.78, 5) is 15.0. The van der Waals surface area contributed by atoms with E-state index in [1.54, 1.807) is 0 Å². The van der Waals surface area contributed by atoms with Crippen LogP contribution in [0.25, 0.3) is 0 Å². The molecule has 0 bridgehead atoms. The fourth-order valence-electron chi connectivity index (χ4n) is 2.10. The molecule has 0 unspecified atom stereocenters. The first-order chi connectivity index (χ1) is 9.43. The number of halogens is 1. The minimum Gasteiger partial charge on any atom is -0.393 e. The monoisotopic (exact) mass is 283 g/mol. The van der Waals surface area contributed by atoms with Crippen LogP contribution in [0.4, 0.5) is 10.2 Å². The molecule has 1 aromatic rings. The first-order valence-corrected chi connectivity index (χ1v) is 5.81. The zero-order valence-corrected chi connectivity index (χ0v) is 10.5. The molecule has 7 nitrogen and oxygen atoms in total. The van der Waals surface area contributed by atoms with Crippen molar-refractivity contribution in [1.29, 1.82) is 0 Å². The highest BCUT2D eigenvalue weighted by atomic mass is 19.1. The maximum absolute atomic E-state index is 13.4. The van der Waals surface area contributed by atoms with Crippen LogP contribution in [0.3, 0.4) is 0 Å². The van der Waals surface area contributed by atoms with Gasteiger partial charge in [-0.3, -0.25) is 4.57 Å². The molecule has 0 saturated carbocycles. The van der Waals surface area contributed by atoms with Gasteiger partial charge in [0.1, 0.15) is 11.8 Å². The fraction of sp³-hybridized carbons (Fsp3) is 0.417. The van der Waals surface area contributed by atoms with E-state index in [-0.39, 0.29) is 6.42 Å². The predicted octanol–water partition coefficient (Wildman–Crippen LogP) is -0.683. The number of aliphatic hydroxyl groups excluding tert-OH is 2. The van der Waals surface area contributed by atoms with Crippen molar-refractivity contribution in [3.63, 3.8) is 0 Å². The molecule has 108 valence electrons. The van der Waals surface area contributed by atoms with Crippen molar-refractivity contribution in [1.82, 2.24) is 9.55 Å². The molecular weight excluding hydrogens is 269 g/mol. The Labute approximate surface area is 113 Å². The molecule has 0 amide bonds. The summed E-state index contributed by atoms with van der Waals surface area (Å²) in [6, 6.07) is 0. The summed E-state index contributed by atoms with van der Waals surface area (Å²) in [5.41, 5.74) is 5.38. The van der Waals surface area contributed by atoms with E-state index in [1.807, 2.05) is 0 Å². The number of hydrogen-bond donors (Lipinski definition) is 3. The zero-order chi connectivity index (χ0) is 14.9. The Morgan fingerprint density at radius 3 is 3.10 bits per heavy atom. The summed E-state index contributed by atoms with van der Waals surface area (Å²) >= 11 is 0. The van der Waals surface area contributed by atoms with Crippen LogP contribution in [0.1, 0.15) is 12.6 Å². The van der Waals surface area contributed by atoms with E-state index in [4.69, 9.17) is 10.5 Å². The SMILES string of the molecule is C=C=C[C@]1(CO)O[C@@H](n2cc(F)c(N)nc2=O)C[C@@H]1O. The predicted molar refractivity (Wildman–Crippen MR) is 67.1 cm³/mol. The maximum Gasteiger partial charge on any atom is 0.351 e. The number of ether oxygens (including phenoxy) is 1.